The predicted octanol–water partition coefficient (Wildman–Crippen LogP) is 2.60. The van der Waals surface area contributed by atoms with E-state index >= 15 is 0 Å². The lowest BCUT2D eigenvalue weighted by atomic mass is 10.3. The van der Waals surface area contributed by atoms with E-state index in [4.69, 9.17) is 4.55 Å². The number of para-hydroxylation sites is 1. The molecular weight excluding hydrogens is 294 g/mol. The molecule has 0 bridgehead atoms. The van der Waals surface area contributed by atoms with Crippen LogP contribution in [0.5, 0.6) is 0 Å². The van der Waals surface area contributed by atoms with Crippen molar-refractivity contribution in [1.29, 1.82) is 0 Å². The van der Waals surface area contributed by atoms with Crippen LogP contribution in [0.4, 0.5) is 0 Å². The molecule has 1 N–H and O–H groups in total. The molecule has 0 fully saturated rings. The molecule has 0 aliphatic carbocycles. The Morgan fingerprint density at radius 2 is 2.17 bits per heavy atom. The first-order chi connectivity index (χ1) is 8.54. The first kappa shape index (κ1) is 13.8. The van der Waals surface area contributed by atoms with Gasteiger partial charge < -0.3 is 0 Å². The fourth-order valence-electron chi connectivity index (χ4n) is 1.30. The first-order valence-corrected chi connectivity index (χ1v) is 8.31. The van der Waals surface area contributed by atoms with Crippen molar-refractivity contribution in [2.45, 2.75) is 10.8 Å². The van der Waals surface area contributed by atoms with Gasteiger partial charge in [0.1, 0.15) is 0 Å². The minimum atomic E-state index is -4.31. The normalized spacial score (nSPS) is 12.1. The zero-order chi connectivity index (χ0) is 13.0. The Hall–Kier alpha value is -0.670. The average Bonchev–Trinajstić information content (AvgIpc) is 2.69. The number of thiazole rings is 1. The summed E-state index contributed by atoms with van der Waals surface area (Å²) in [5, 5.41) is 0. The summed E-state index contributed by atoms with van der Waals surface area (Å²) in [7, 11) is -4.31. The molecule has 0 spiro atoms. The number of hydrogen-bond acceptors (Lipinski definition) is 6. The van der Waals surface area contributed by atoms with Gasteiger partial charge in [-0.25, -0.2) is 9.17 Å². The molecule has 1 heterocycles. The summed E-state index contributed by atoms with van der Waals surface area (Å²) in [6.07, 6.45) is 0.528. The summed E-state index contributed by atoms with van der Waals surface area (Å²) in [5.74, 6) is 0.690. The van der Waals surface area contributed by atoms with Crippen molar-refractivity contribution < 1.29 is 17.2 Å². The monoisotopic (exact) mass is 305 g/mol. The van der Waals surface area contributed by atoms with Crippen molar-refractivity contribution in [1.82, 2.24) is 4.98 Å². The van der Waals surface area contributed by atoms with E-state index in [0.29, 0.717) is 12.2 Å². The number of fused-ring (bicyclic) bond motifs is 1. The van der Waals surface area contributed by atoms with E-state index in [1.807, 2.05) is 24.3 Å². The Labute approximate surface area is 113 Å². The molecule has 0 saturated heterocycles. The number of thioether (sulfide) groups is 1. The summed E-state index contributed by atoms with van der Waals surface area (Å²) >= 11 is 3.15. The number of hydrogen-bond donors (Lipinski definition) is 1. The van der Waals surface area contributed by atoms with Gasteiger partial charge in [-0.3, -0.25) is 4.55 Å². The second kappa shape index (κ2) is 5.98. The summed E-state index contributed by atoms with van der Waals surface area (Å²) in [4.78, 5) is 4.43. The highest BCUT2D eigenvalue weighted by atomic mass is 32.3. The second-order valence-corrected chi connectivity index (χ2v) is 6.86. The van der Waals surface area contributed by atoms with Gasteiger partial charge in [-0.1, -0.05) is 23.9 Å². The third-order valence-corrected chi connectivity index (χ3v) is 4.75. The van der Waals surface area contributed by atoms with E-state index in [9.17, 15) is 8.42 Å². The van der Waals surface area contributed by atoms with Gasteiger partial charge in [-0.15, -0.1) is 11.3 Å². The Morgan fingerprint density at radius 1 is 1.39 bits per heavy atom. The molecule has 0 aliphatic rings. The van der Waals surface area contributed by atoms with Gasteiger partial charge in [-0.05, 0) is 18.6 Å². The van der Waals surface area contributed by atoms with Crippen LogP contribution in [0.25, 0.3) is 10.2 Å². The molecule has 1 aromatic heterocycles. The average molecular weight is 305 g/mol. The van der Waals surface area contributed by atoms with E-state index in [1.165, 1.54) is 0 Å². The highest BCUT2D eigenvalue weighted by Crippen LogP contribution is 2.29. The molecule has 2 aromatic rings. The van der Waals surface area contributed by atoms with Gasteiger partial charge >= 0.3 is 10.4 Å². The number of nitrogens with zero attached hydrogens (tertiary/aromatic N) is 1. The molecule has 1 aromatic carbocycles. The van der Waals surface area contributed by atoms with E-state index in [2.05, 4.69) is 9.17 Å². The van der Waals surface area contributed by atoms with Gasteiger partial charge in [0.15, 0.2) is 4.34 Å². The lowest BCUT2D eigenvalue weighted by molar-refractivity contribution is 0.270. The zero-order valence-electron chi connectivity index (χ0n) is 9.27. The van der Waals surface area contributed by atoms with Crippen LogP contribution in [0.1, 0.15) is 6.42 Å². The highest BCUT2D eigenvalue weighted by Gasteiger charge is 2.05. The summed E-state index contributed by atoms with van der Waals surface area (Å²) in [5.41, 5.74) is 0.971. The molecule has 98 valence electrons. The zero-order valence-corrected chi connectivity index (χ0v) is 11.7. The molecule has 2 rings (SSSR count). The minimum Gasteiger partial charge on any atom is -0.264 e. The lowest BCUT2D eigenvalue weighted by Gasteiger charge is -1.98. The van der Waals surface area contributed by atoms with Crippen LogP contribution in [0, 0.1) is 0 Å². The molecule has 0 aliphatic heterocycles. The van der Waals surface area contributed by atoms with E-state index in [-0.39, 0.29) is 6.61 Å². The Bertz CT molecular complexity index is 590. The molecule has 5 nitrogen and oxygen atoms in total. The van der Waals surface area contributed by atoms with Crippen molar-refractivity contribution in [3.63, 3.8) is 0 Å². The standard InChI is InChI=1S/C10H11NO4S3/c12-18(13,14)15-6-3-7-16-10-11-8-4-1-2-5-9(8)17-10/h1-2,4-5H,3,6-7H2,(H,12,13,14). The van der Waals surface area contributed by atoms with Crippen molar-refractivity contribution in [3.8, 4) is 0 Å². The fraction of sp³-hybridized carbons (Fsp3) is 0.300. The van der Waals surface area contributed by atoms with E-state index in [1.54, 1.807) is 23.1 Å². The molecular formula is C10H11NO4S3. The van der Waals surface area contributed by atoms with Gasteiger partial charge in [0, 0.05) is 5.75 Å². The van der Waals surface area contributed by atoms with E-state index in [0.717, 1.165) is 14.6 Å². The van der Waals surface area contributed by atoms with Crippen molar-refractivity contribution >= 4 is 43.7 Å². The molecule has 18 heavy (non-hydrogen) atoms. The summed E-state index contributed by atoms with van der Waals surface area (Å²) in [6, 6.07) is 7.88. The topological polar surface area (TPSA) is 76.5 Å². The quantitative estimate of drug-likeness (QED) is 0.502. The van der Waals surface area contributed by atoms with Gasteiger partial charge in [0.2, 0.25) is 0 Å². The van der Waals surface area contributed by atoms with E-state index < -0.39 is 10.4 Å². The SMILES string of the molecule is O=S(=O)(O)OCCCSc1nc2ccccc2s1. The van der Waals surface area contributed by atoms with Crippen molar-refractivity contribution in [2.24, 2.45) is 0 Å². The first-order valence-electron chi connectivity index (χ1n) is 5.15. The van der Waals surface area contributed by atoms with Crippen LogP contribution in [0.15, 0.2) is 28.6 Å². The Morgan fingerprint density at radius 3 is 2.89 bits per heavy atom. The van der Waals surface area contributed by atoms with Gasteiger partial charge in [-0.2, -0.15) is 8.42 Å². The largest absolute Gasteiger partial charge is 0.397 e. The van der Waals surface area contributed by atoms with Crippen LogP contribution < -0.4 is 0 Å². The Kier molecular flexibility index (Phi) is 4.57. The van der Waals surface area contributed by atoms with Gasteiger partial charge in [0.25, 0.3) is 0 Å². The molecule has 0 atom stereocenters. The smallest absolute Gasteiger partial charge is 0.264 e. The maximum atomic E-state index is 10.3. The summed E-state index contributed by atoms with van der Waals surface area (Å²) < 4.78 is 35.3. The van der Waals surface area contributed by atoms with Gasteiger partial charge in [0.05, 0.1) is 16.8 Å². The number of benzene rings is 1. The lowest BCUT2D eigenvalue weighted by Crippen LogP contribution is -2.05. The molecule has 0 saturated carbocycles. The van der Waals surface area contributed by atoms with Crippen molar-refractivity contribution in [3.05, 3.63) is 24.3 Å². The third-order valence-electron chi connectivity index (χ3n) is 2.02. The maximum Gasteiger partial charge on any atom is 0.397 e. The summed E-state index contributed by atoms with van der Waals surface area (Å²) in [6.45, 7) is -0.0171. The molecule has 0 unspecified atom stereocenters. The number of rotatable bonds is 6. The number of aromatic nitrogens is 1. The van der Waals surface area contributed by atoms with Crippen LogP contribution in [0.3, 0.4) is 0 Å². The maximum absolute atomic E-state index is 10.3. The second-order valence-electron chi connectivity index (χ2n) is 3.40. The van der Waals surface area contributed by atoms with Crippen LogP contribution in [-0.4, -0.2) is 30.3 Å². The Balaban J connectivity index is 1.80. The molecule has 0 radical (unpaired) electrons. The third kappa shape index (κ3) is 4.21. The van der Waals surface area contributed by atoms with Crippen LogP contribution in [0.2, 0.25) is 0 Å². The van der Waals surface area contributed by atoms with Crippen LogP contribution in [-0.2, 0) is 14.6 Å². The van der Waals surface area contributed by atoms with Crippen LogP contribution >= 0.6 is 23.1 Å². The predicted molar refractivity (Wildman–Crippen MR) is 72.5 cm³/mol. The fourth-order valence-corrected chi connectivity index (χ4v) is 3.68. The molecule has 8 heteroatoms. The van der Waals surface area contributed by atoms with Crippen molar-refractivity contribution in [2.75, 3.05) is 12.4 Å². The highest BCUT2D eigenvalue weighted by molar-refractivity contribution is 8.01. The minimum absolute atomic E-state index is 0.0171. The molecule has 0 amide bonds.